The molecule has 0 saturated carbocycles. The number of hydrogen-bond donors (Lipinski definition) is 3. The minimum Gasteiger partial charge on any atom is -0.391 e. The van der Waals surface area contributed by atoms with Crippen LogP contribution in [0.2, 0.25) is 0 Å². The highest BCUT2D eigenvalue weighted by atomic mass is 16.3. The van der Waals surface area contributed by atoms with E-state index in [2.05, 4.69) is 60.8 Å². The van der Waals surface area contributed by atoms with Gasteiger partial charge in [-0.3, -0.25) is 0 Å². The highest BCUT2D eigenvalue weighted by molar-refractivity contribution is 5.08. The van der Waals surface area contributed by atoms with Gasteiger partial charge in [-0.1, -0.05) is 68.4 Å². The molecule has 0 aromatic heterocycles. The predicted molar refractivity (Wildman–Crippen MR) is 100 cm³/mol. The van der Waals surface area contributed by atoms with Crippen LogP contribution in [0.1, 0.15) is 51.9 Å². The van der Waals surface area contributed by atoms with Crippen molar-refractivity contribution in [3.8, 4) is 0 Å². The first-order valence-electron chi connectivity index (χ1n) is 9.06. The molecule has 0 bridgehead atoms. The van der Waals surface area contributed by atoms with Gasteiger partial charge >= 0.3 is 0 Å². The molecule has 3 heteroatoms. The van der Waals surface area contributed by atoms with Crippen LogP contribution >= 0.6 is 0 Å². The maximum atomic E-state index is 9.72. The molecule has 0 aliphatic carbocycles. The summed E-state index contributed by atoms with van der Waals surface area (Å²) in [6, 6.07) is 0.0987. The van der Waals surface area contributed by atoms with Crippen LogP contribution in [-0.4, -0.2) is 29.8 Å². The number of nitrogens with one attached hydrogen (secondary N) is 1. The van der Waals surface area contributed by atoms with Gasteiger partial charge in [0.25, 0.3) is 0 Å². The molecule has 0 radical (unpaired) electrons. The second-order valence-corrected chi connectivity index (χ2v) is 6.22. The second kappa shape index (κ2) is 13.3. The molecule has 1 aliphatic rings. The Labute approximate surface area is 142 Å². The molecule has 1 fully saturated rings. The maximum Gasteiger partial charge on any atom is 0.0721 e. The normalized spacial score (nSPS) is 26.3. The van der Waals surface area contributed by atoms with Gasteiger partial charge in [0, 0.05) is 18.6 Å². The van der Waals surface area contributed by atoms with Crippen molar-refractivity contribution in [2.45, 2.75) is 70.1 Å². The van der Waals surface area contributed by atoms with Crippen LogP contribution in [0, 0.1) is 0 Å². The average molecular weight is 319 g/mol. The lowest BCUT2D eigenvalue weighted by atomic mass is 9.98. The van der Waals surface area contributed by atoms with Crippen molar-refractivity contribution in [2.24, 2.45) is 5.73 Å². The summed E-state index contributed by atoms with van der Waals surface area (Å²) in [5, 5.41) is 13.0. The predicted octanol–water partition coefficient (Wildman–Crippen LogP) is 3.62. The Hall–Kier alpha value is -1.16. The van der Waals surface area contributed by atoms with Crippen molar-refractivity contribution in [1.29, 1.82) is 0 Å². The van der Waals surface area contributed by atoms with Gasteiger partial charge in [-0.2, -0.15) is 0 Å². The third-order valence-corrected chi connectivity index (χ3v) is 4.05. The molecular formula is C20H34N2O. The Morgan fingerprint density at radius 1 is 1.00 bits per heavy atom. The fourth-order valence-corrected chi connectivity index (χ4v) is 2.49. The molecule has 1 unspecified atom stereocenters. The average Bonchev–Trinajstić information content (AvgIpc) is 2.55. The number of allylic oxidation sites excluding steroid dienone is 7. The van der Waals surface area contributed by atoms with Crippen molar-refractivity contribution in [3.05, 3.63) is 48.6 Å². The van der Waals surface area contributed by atoms with Gasteiger partial charge in [0.05, 0.1) is 6.10 Å². The van der Waals surface area contributed by atoms with Crippen LogP contribution in [0.4, 0.5) is 0 Å². The second-order valence-electron chi connectivity index (χ2n) is 6.22. The lowest BCUT2D eigenvalue weighted by Crippen LogP contribution is -2.53. The summed E-state index contributed by atoms with van der Waals surface area (Å²) < 4.78 is 0. The van der Waals surface area contributed by atoms with E-state index in [9.17, 15) is 5.11 Å². The van der Waals surface area contributed by atoms with Crippen LogP contribution in [-0.2, 0) is 0 Å². The highest BCUT2D eigenvalue weighted by Crippen LogP contribution is 2.09. The SMILES string of the molecule is CCCC/C=C/C=C/CCC/C=C/C=C/C1C[C@@H](O)[C@@H](N)CN1. The molecule has 0 spiro atoms. The molecule has 1 rings (SSSR count). The van der Waals surface area contributed by atoms with E-state index in [1.165, 1.54) is 25.7 Å². The van der Waals surface area contributed by atoms with Gasteiger partial charge in [-0.25, -0.2) is 0 Å². The van der Waals surface area contributed by atoms with Gasteiger partial charge in [0.15, 0.2) is 0 Å². The van der Waals surface area contributed by atoms with E-state index in [4.69, 9.17) is 5.73 Å². The zero-order chi connectivity index (χ0) is 16.8. The number of rotatable bonds is 10. The number of aliphatic hydroxyl groups excluding tert-OH is 1. The summed E-state index contributed by atoms with van der Waals surface area (Å²) in [6.07, 6.45) is 24.7. The largest absolute Gasteiger partial charge is 0.391 e. The summed E-state index contributed by atoms with van der Waals surface area (Å²) >= 11 is 0. The summed E-state index contributed by atoms with van der Waals surface area (Å²) in [4.78, 5) is 0. The Morgan fingerprint density at radius 2 is 1.61 bits per heavy atom. The van der Waals surface area contributed by atoms with E-state index in [-0.39, 0.29) is 12.1 Å². The van der Waals surface area contributed by atoms with Crippen LogP contribution < -0.4 is 11.1 Å². The third kappa shape index (κ3) is 10.3. The monoisotopic (exact) mass is 318 g/mol. The molecule has 0 aromatic carbocycles. The zero-order valence-corrected chi connectivity index (χ0v) is 14.5. The number of hydrogen-bond acceptors (Lipinski definition) is 3. The van der Waals surface area contributed by atoms with E-state index in [0.29, 0.717) is 13.0 Å². The summed E-state index contributed by atoms with van der Waals surface area (Å²) in [6.45, 7) is 2.90. The Bertz CT molecular complexity index is 398. The minimum absolute atomic E-state index is 0.135. The molecule has 1 heterocycles. The van der Waals surface area contributed by atoms with E-state index >= 15 is 0 Å². The van der Waals surface area contributed by atoms with Crippen LogP contribution in [0.15, 0.2) is 48.6 Å². The fourth-order valence-electron chi connectivity index (χ4n) is 2.49. The lowest BCUT2D eigenvalue weighted by molar-refractivity contribution is 0.105. The van der Waals surface area contributed by atoms with Crippen molar-refractivity contribution in [3.63, 3.8) is 0 Å². The Kier molecular flexibility index (Phi) is 11.5. The topological polar surface area (TPSA) is 58.3 Å². The first-order chi connectivity index (χ1) is 11.2. The Balaban J connectivity index is 2.03. The van der Waals surface area contributed by atoms with Crippen LogP contribution in [0.5, 0.6) is 0 Å². The molecule has 23 heavy (non-hydrogen) atoms. The summed E-state index contributed by atoms with van der Waals surface area (Å²) in [7, 11) is 0. The molecule has 1 aliphatic heterocycles. The highest BCUT2D eigenvalue weighted by Gasteiger charge is 2.23. The minimum atomic E-state index is -0.391. The van der Waals surface area contributed by atoms with Gasteiger partial charge in [-0.05, 0) is 32.1 Å². The zero-order valence-electron chi connectivity index (χ0n) is 14.5. The van der Waals surface area contributed by atoms with Gasteiger partial charge < -0.3 is 16.2 Å². The molecular weight excluding hydrogens is 284 g/mol. The molecule has 3 nitrogen and oxygen atoms in total. The summed E-state index contributed by atoms with van der Waals surface area (Å²) in [5.74, 6) is 0. The third-order valence-electron chi connectivity index (χ3n) is 4.05. The molecule has 0 amide bonds. The van der Waals surface area contributed by atoms with Crippen molar-refractivity contribution in [1.82, 2.24) is 5.32 Å². The van der Waals surface area contributed by atoms with Crippen molar-refractivity contribution >= 4 is 0 Å². The molecule has 0 aromatic rings. The number of piperidine rings is 1. The fraction of sp³-hybridized carbons (Fsp3) is 0.600. The van der Waals surface area contributed by atoms with E-state index in [1.807, 2.05) is 0 Å². The van der Waals surface area contributed by atoms with Gasteiger partial charge in [-0.15, -0.1) is 0 Å². The number of nitrogens with two attached hydrogens (primary N) is 1. The summed E-state index contributed by atoms with van der Waals surface area (Å²) in [5.41, 5.74) is 5.75. The van der Waals surface area contributed by atoms with Crippen LogP contribution in [0.3, 0.4) is 0 Å². The lowest BCUT2D eigenvalue weighted by Gasteiger charge is -2.30. The molecule has 1 saturated heterocycles. The molecule has 4 N–H and O–H groups in total. The molecule has 130 valence electrons. The van der Waals surface area contributed by atoms with Gasteiger partial charge in [0.1, 0.15) is 0 Å². The molecule has 3 atom stereocenters. The smallest absolute Gasteiger partial charge is 0.0721 e. The van der Waals surface area contributed by atoms with Gasteiger partial charge in [0.2, 0.25) is 0 Å². The van der Waals surface area contributed by atoms with Crippen LogP contribution in [0.25, 0.3) is 0 Å². The number of aliphatic hydroxyl groups is 1. The standard InChI is InChI=1S/C20H34N2O/c1-2-3-4-5-6-7-8-9-10-11-12-13-14-15-18-16-20(23)19(21)17-22-18/h5-8,12-15,18-20,22-23H,2-4,9-11,16-17,21H2,1H3/b6-5+,8-7+,13-12+,15-14+/t18?,19-,20+/m0/s1. The van der Waals surface area contributed by atoms with E-state index < -0.39 is 6.10 Å². The Morgan fingerprint density at radius 3 is 2.22 bits per heavy atom. The number of unbranched alkanes of at least 4 members (excludes halogenated alkanes) is 4. The van der Waals surface area contributed by atoms with E-state index in [0.717, 1.165) is 12.8 Å². The first kappa shape index (κ1) is 19.9. The van der Waals surface area contributed by atoms with E-state index in [1.54, 1.807) is 0 Å². The van der Waals surface area contributed by atoms with Crippen molar-refractivity contribution in [2.75, 3.05) is 6.54 Å². The quantitative estimate of drug-likeness (QED) is 0.426. The maximum absolute atomic E-state index is 9.72. The first-order valence-corrected chi connectivity index (χ1v) is 9.06. The van der Waals surface area contributed by atoms with Crippen molar-refractivity contribution < 1.29 is 5.11 Å².